The van der Waals surface area contributed by atoms with Gasteiger partial charge >= 0.3 is 6.18 Å². The van der Waals surface area contributed by atoms with Gasteiger partial charge in [-0.1, -0.05) is 0 Å². The van der Waals surface area contributed by atoms with Crippen LogP contribution in [0.4, 0.5) is 13.2 Å². The van der Waals surface area contributed by atoms with E-state index < -0.39 is 24.5 Å². The molecular formula is C4H6F3N2O-. The predicted octanol–water partition coefficient (Wildman–Crippen LogP) is 0.845. The maximum Gasteiger partial charge on any atom is 0.374 e. The summed E-state index contributed by atoms with van der Waals surface area (Å²) in [6.07, 6.45) is -5.61. The Kier molecular flexibility index (Phi) is 2.65. The van der Waals surface area contributed by atoms with Crippen molar-refractivity contribution < 1.29 is 18.0 Å². The van der Waals surface area contributed by atoms with E-state index in [4.69, 9.17) is 5.73 Å². The topological polar surface area (TPSA) is 66.9 Å². The molecule has 6 heteroatoms. The van der Waals surface area contributed by atoms with Crippen LogP contribution in [-0.2, 0) is 4.79 Å². The second-order valence-electron chi connectivity index (χ2n) is 1.76. The molecule has 0 aliphatic carbocycles. The average molecular weight is 155 g/mol. The van der Waals surface area contributed by atoms with Gasteiger partial charge in [0.2, 0.25) is 5.91 Å². The molecule has 0 spiro atoms. The first-order chi connectivity index (χ1) is 4.34. The number of halogens is 3. The Morgan fingerprint density at radius 1 is 1.60 bits per heavy atom. The summed E-state index contributed by atoms with van der Waals surface area (Å²) in [6.45, 7) is 0. The Balaban J connectivity index is 3.85. The summed E-state index contributed by atoms with van der Waals surface area (Å²) in [4.78, 5) is 9.86. The van der Waals surface area contributed by atoms with E-state index in [1.807, 2.05) is 0 Å². The van der Waals surface area contributed by atoms with Crippen LogP contribution in [0.1, 0.15) is 6.42 Å². The standard InChI is InChI=1S/C4H6F3N2O/c5-4(6,7)2(8)1-3(9)10/h2,8H,1H2,(H2,9,10)/q-1. The summed E-state index contributed by atoms with van der Waals surface area (Å²) in [5.74, 6) is -1.11. The molecule has 0 aromatic carbocycles. The van der Waals surface area contributed by atoms with Crippen molar-refractivity contribution in [2.45, 2.75) is 18.6 Å². The van der Waals surface area contributed by atoms with Gasteiger partial charge in [-0.25, -0.2) is 0 Å². The van der Waals surface area contributed by atoms with Gasteiger partial charge in [-0.2, -0.15) is 13.2 Å². The maximum absolute atomic E-state index is 11.4. The minimum atomic E-state index is -4.64. The minimum Gasteiger partial charge on any atom is -0.667 e. The van der Waals surface area contributed by atoms with Crippen molar-refractivity contribution in [2.24, 2.45) is 5.73 Å². The molecule has 0 bridgehead atoms. The number of rotatable bonds is 2. The van der Waals surface area contributed by atoms with E-state index in [1.165, 1.54) is 0 Å². The smallest absolute Gasteiger partial charge is 0.374 e. The Labute approximate surface area is 55.2 Å². The summed E-state index contributed by atoms with van der Waals surface area (Å²) < 4.78 is 34.2. The van der Waals surface area contributed by atoms with Gasteiger partial charge in [-0.15, -0.1) is 0 Å². The van der Waals surface area contributed by atoms with Crippen LogP contribution in [0.2, 0.25) is 0 Å². The van der Waals surface area contributed by atoms with E-state index in [9.17, 15) is 18.0 Å². The van der Waals surface area contributed by atoms with E-state index in [0.717, 1.165) is 0 Å². The van der Waals surface area contributed by atoms with Crippen LogP contribution in [0.5, 0.6) is 0 Å². The van der Waals surface area contributed by atoms with E-state index >= 15 is 0 Å². The van der Waals surface area contributed by atoms with Crippen molar-refractivity contribution in [1.29, 1.82) is 0 Å². The SMILES string of the molecule is [NH-]C(CC(N)=O)C(F)(F)F. The molecule has 0 saturated carbocycles. The van der Waals surface area contributed by atoms with E-state index in [-0.39, 0.29) is 0 Å². The van der Waals surface area contributed by atoms with Gasteiger partial charge in [0.25, 0.3) is 0 Å². The van der Waals surface area contributed by atoms with Gasteiger partial charge in [-0.05, 0) is 6.04 Å². The molecule has 0 saturated heterocycles. The Hall–Kier alpha value is -0.780. The largest absolute Gasteiger partial charge is 0.667 e. The van der Waals surface area contributed by atoms with Crippen LogP contribution >= 0.6 is 0 Å². The van der Waals surface area contributed by atoms with Gasteiger partial charge in [0.15, 0.2) is 0 Å². The van der Waals surface area contributed by atoms with Crippen molar-refractivity contribution in [3.05, 3.63) is 5.73 Å². The van der Waals surface area contributed by atoms with Crippen molar-refractivity contribution in [1.82, 2.24) is 0 Å². The van der Waals surface area contributed by atoms with Crippen molar-refractivity contribution in [3.8, 4) is 0 Å². The highest BCUT2D eigenvalue weighted by atomic mass is 19.4. The van der Waals surface area contributed by atoms with Gasteiger partial charge in [0.1, 0.15) is 0 Å². The van der Waals surface area contributed by atoms with Crippen LogP contribution < -0.4 is 5.73 Å². The van der Waals surface area contributed by atoms with Crippen molar-refractivity contribution in [3.63, 3.8) is 0 Å². The molecule has 0 aromatic rings. The molecule has 0 fully saturated rings. The summed E-state index contributed by atoms with van der Waals surface area (Å²) in [5.41, 5.74) is 10.8. The number of amides is 1. The lowest BCUT2D eigenvalue weighted by Gasteiger charge is -2.21. The Morgan fingerprint density at radius 2 is 2.00 bits per heavy atom. The summed E-state index contributed by atoms with van der Waals surface area (Å²) in [5, 5.41) is 0. The predicted molar refractivity (Wildman–Crippen MR) is 28.0 cm³/mol. The second kappa shape index (κ2) is 2.87. The Morgan fingerprint density at radius 3 is 2.10 bits per heavy atom. The van der Waals surface area contributed by atoms with Crippen LogP contribution in [0.15, 0.2) is 0 Å². The highest BCUT2D eigenvalue weighted by molar-refractivity contribution is 5.74. The molecular weight excluding hydrogens is 149 g/mol. The second-order valence-corrected chi connectivity index (χ2v) is 1.76. The molecule has 0 heterocycles. The fraction of sp³-hybridized carbons (Fsp3) is 0.750. The number of nitrogens with one attached hydrogen (secondary N) is 1. The summed E-state index contributed by atoms with van der Waals surface area (Å²) in [6, 6.07) is -2.38. The maximum atomic E-state index is 11.4. The molecule has 3 N–H and O–H groups in total. The third kappa shape index (κ3) is 3.29. The van der Waals surface area contributed by atoms with E-state index in [2.05, 4.69) is 5.73 Å². The zero-order valence-electron chi connectivity index (χ0n) is 4.90. The average Bonchev–Trinajstić information content (AvgIpc) is 1.60. The van der Waals surface area contributed by atoms with Gasteiger partial charge in [0, 0.05) is 6.42 Å². The molecule has 1 atom stereocenters. The normalized spacial score (nSPS) is 14.8. The van der Waals surface area contributed by atoms with E-state index in [1.54, 1.807) is 0 Å². The first-order valence-corrected chi connectivity index (χ1v) is 2.40. The lowest BCUT2D eigenvalue weighted by molar-refractivity contribution is -0.145. The van der Waals surface area contributed by atoms with E-state index in [0.29, 0.717) is 0 Å². The zero-order valence-corrected chi connectivity index (χ0v) is 4.90. The van der Waals surface area contributed by atoms with Crippen LogP contribution in [0.25, 0.3) is 5.73 Å². The zero-order chi connectivity index (χ0) is 8.36. The fourth-order valence-electron chi connectivity index (χ4n) is 0.317. The summed E-state index contributed by atoms with van der Waals surface area (Å²) >= 11 is 0. The molecule has 60 valence electrons. The molecule has 10 heavy (non-hydrogen) atoms. The minimum absolute atomic E-state index is 0.969. The number of carbonyl (C=O) groups excluding carboxylic acids is 1. The monoisotopic (exact) mass is 155 g/mol. The first-order valence-electron chi connectivity index (χ1n) is 2.40. The first kappa shape index (κ1) is 9.22. The van der Waals surface area contributed by atoms with Crippen molar-refractivity contribution >= 4 is 5.91 Å². The highest BCUT2D eigenvalue weighted by Gasteiger charge is 2.31. The molecule has 1 amide bonds. The lowest BCUT2D eigenvalue weighted by atomic mass is 10.2. The quantitative estimate of drug-likeness (QED) is 0.630. The van der Waals surface area contributed by atoms with Crippen LogP contribution in [-0.4, -0.2) is 18.1 Å². The van der Waals surface area contributed by atoms with Gasteiger partial charge in [0.05, 0.1) is 0 Å². The number of carbonyl (C=O) groups is 1. The number of hydrogen-bond donors (Lipinski definition) is 1. The van der Waals surface area contributed by atoms with Gasteiger partial charge < -0.3 is 11.5 Å². The van der Waals surface area contributed by atoms with Crippen LogP contribution in [0, 0.1) is 0 Å². The molecule has 0 radical (unpaired) electrons. The number of nitrogens with two attached hydrogens (primary N) is 1. The molecule has 0 aliphatic rings. The fourth-order valence-corrected chi connectivity index (χ4v) is 0.317. The highest BCUT2D eigenvalue weighted by Crippen LogP contribution is 2.23. The number of hydrogen-bond acceptors (Lipinski definition) is 1. The molecule has 3 nitrogen and oxygen atoms in total. The number of primary amides is 1. The van der Waals surface area contributed by atoms with Crippen molar-refractivity contribution in [2.75, 3.05) is 0 Å². The molecule has 0 rings (SSSR count). The lowest BCUT2D eigenvalue weighted by Crippen LogP contribution is -2.30. The molecule has 1 unspecified atom stereocenters. The third-order valence-electron chi connectivity index (χ3n) is 0.800. The number of alkyl halides is 3. The molecule has 0 aromatic heterocycles. The van der Waals surface area contributed by atoms with Crippen LogP contribution in [0.3, 0.4) is 0 Å². The molecule has 0 aliphatic heterocycles. The summed E-state index contributed by atoms with van der Waals surface area (Å²) in [7, 11) is 0. The van der Waals surface area contributed by atoms with Gasteiger partial charge in [-0.3, -0.25) is 4.79 Å². The Bertz CT molecular complexity index is 133. The third-order valence-corrected chi connectivity index (χ3v) is 0.800.